The maximum absolute atomic E-state index is 12.6. The van der Waals surface area contributed by atoms with Gasteiger partial charge in [-0.3, -0.25) is 5.10 Å². The zero-order chi connectivity index (χ0) is 17.6. The zero-order valence-corrected chi connectivity index (χ0v) is 14.2. The van der Waals surface area contributed by atoms with Crippen molar-refractivity contribution in [3.8, 4) is 0 Å². The summed E-state index contributed by atoms with van der Waals surface area (Å²) < 4.78 is 9.95. The number of urea groups is 1. The van der Waals surface area contributed by atoms with Crippen LogP contribution in [0, 0.1) is 13.8 Å². The Morgan fingerprint density at radius 2 is 1.80 bits per heavy atom. The molecule has 0 aliphatic rings. The van der Waals surface area contributed by atoms with Crippen LogP contribution in [0.2, 0.25) is 0 Å². The second-order valence-electron chi connectivity index (χ2n) is 5.71. The number of rotatable bonds is 7. The Morgan fingerprint density at radius 1 is 1.16 bits per heavy atom. The highest BCUT2D eigenvalue weighted by molar-refractivity contribution is 5.74. The van der Waals surface area contributed by atoms with E-state index in [1.165, 1.54) is 25.3 Å². The van der Waals surface area contributed by atoms with Crippen molar-refractivity contribution in [2.75, 3.05) is 6.54 Å². The molecule has 0 aliphatic heterocycles. The van der Waals surface area contributed by atoms with E-state index < -0.39 is 0 Å². The maximum atomic E-state index is 12.6. The van der Waals surface area contributed by atoms with Crippen molar-refractivity contribution < 1.29 is 13.6 Å². The Kier molecular flexibility index (Phi) is 5.12. The summed E-state index contributed by atoms with van der Waals surface area (Å²) in [6.07, 6.45) is 6.42. The minimum absolute atomic E-state index is 0.204. The molecular weight excluding hydrogens is 324 g/mol. The van der Waals surface area contributed by atoms with Gasteiger partial charge >= 0.3 is 6.03 Å². The number of aromatic amines is 1. The molecule has 132 valence electrons. The fourth-order valence-corrected chi connectivity index (χ4v) is 2.57. The first-order valence-electron chi connectivity index (χ1n) is 7.91. The monoisotopic (exact) mass is 344 g/mol. The molecule has 0 spiro atoms. The van der Waals surface area contributed by atoms with Crippen LogP contribution in [0.5, 0.6) is 0 Å². The van der Waals surface area contributed by atoms with Gasteiger partial charge in [0.15, 0.2) is 12.8 Å². The van der Waals surface area contributed by atoms with Crippen molar-refractivity contribution in [3.63, 3.8) is 0 Å². The third-order valence-electron chi connectivity index (χ3n) is 3.89. The highest BCUT2D eigenvalue weighted by Gasteiger charge is 2.17. The van der Waals surface area contributed by atoms with E-state index in [0.29, 0.717) is 37.4 Å². The predicted octanol–water partition coefficient (Wildman–Crippen LogP) is 1.96. The van der Waals surface area contributed by atoms with Crippen LogP contribution in [0.25, 0.3) is 0 Å². The number of hydrogen-bond donors (Lipinski definition) is 2. The third-order valence-corrected chi connectivity index (χ3v) is 3.89. The van der Waals surface area contributed by atoms with Gasteiger partial charge < -0.3 is 19.1 Å². The summed E-state index contributed by atoms with van der Waals surface area (Å²) in [5.74, 6) is 0. The molecule has 0 aliphatic carbocycles. The standard InChI is InChI=1S/C16H20N6O3/c1-11-15(12(2)21-20-11)3-4-17-16(23)22(5-13-7-24-9-18-13)6-14-8-25-10-19-14/h7-10H,3-6H2,1-2H3,(H,17,23)(H,20,21). The van der Waals surface area contributed by atoms with Gasteiger partial charge in [0.25, 0.3) is 0 Å². The molecule has 9 heteroatoms. The van der Waals surface area contributed by atoms with Crippen LogP contribution in [0.4, 0.5) is 4.79 Å². The molecule has 2 N–H and O–H groups in total. The molecule has 3 heterocycles. The van der Waals surface area contributed by atoms with Gasteiger partial charge in [-0.25, -0.2) is 14.8 Å². The summed E-state index contributed by atoms with van der Waals surface area (Å²) in [5.41, 5.74) is 4.43. The number of nitrogens with zero attached hydrogens (tertiary/aromatic N) is 4. The summed E-state index contributed by atoms with van der Waals surface area (Å²) in [6.45, 7) is 5.06. The number of carbonyl (C=O) groups is 1. The molecule has 0 bridgehead atoms. The van der Waals surface area contributed by atoms with Crippen LogP contribution >= 0.6 is 0 Å². The number of aryl methyl sites for hydroxylation is 2. The van der Waals surface area contributed by atoms with Gasteiger partial charge in [-0.15, -0.1) is 0 Å². The van der Waals surface area contributed by atoms with Crippen molar-refractivity contribution in [2.45, 2.75) is 33.4 Å². The molecule has 3 rings (SSSR count). The molecule has 0 radical (unpaired) electrons. The molecule has 0 atom stereocenters. The van der Waals surface area contributed by atoms with E-state index in [-0.39, 0.29) is 6.03 Å². The Hall–Kier alpha value is -3.10. The maximum Gasteiger partial charge on any atom is 0.318 e. The van der Waals surface area contributed by atoms with Crippen molar-refractivity contribution in [2.24, 2.45) is 0 Å². The summed E-state index contributed by atoms with van der Waals surface area (Å²) in [6, 6.07) is -0.204. The average Bonchev–Trinajstić information content (AvgIpc) is 3.33. The van der Waals surface area contributed by atoms with E-state index >= 15 is 0 Å². The lowest BCUT2D eigenvalue weighted by atomic mass is 10.1. The van der Waals surface area contributed by atoms with E-state index in [0.717, 1.165) is 17.0 Å². The molecular formula is C16H20N6O3. The van der Waals surface area contributed by atoms with Crippen LogP contribution in [0.3, 0.4) is 0 Å². The highest BCUT2D eigenvalue weighted by atomic mass is 16.3. The van der Waals surface area contributed by atoms with Gasteiger partial charge in [0.2, 0.25) is 0 Å². The Labute approximate surface area is 144 Å². The normalized spacial score (nSPS) is 10.8. The van der Waals surface area contributed by atoms with E-state index in [9.17, 15) is 4.79 Å². The lowest BCUT2D eigenvalue weighted by Crippen LogP contribution is -2.40. The molecule has 3 aromatic rings. The molecule has 9 nitrogen and oxygen atoms in total. The van der Waals surface area contributed by atoms with Crippen LogP contribution in [-0.2, 0) is 19.5 Å². The topological polar surface area (TPSA) is 113 Å². The summed E-state index contributed by atoms with van der Waals surface area (Å²) in [7, 11) is 0. The zero-order valence-electron chi connectivity index (χ0n) is 14.2. The van der Waals surface area contributed by atoms with Crippen LogP contribution in [-0.4, -0.2) is 37.6 Å². The second-order valence-corrected chi connectivity index (χ2v) is 5.71. The number of oxazole rings is 2. The third kappa shape index (κ3) is 4.25. The molecule has 0 unspecified atom stereocenters. The molecule has 3 aromatic heterocycles. The van der Waals surface area contributed by atoms with E-state index in [1.807, 2.05) is 13.8 Å². The summed E-state index contributed by atoms with van der Waals surface area (Å²) >= 11 is 0. The lowest BCUT2D eigenvalue weighted by molar-refractivity contribution is 0.191. The fraction of sp³-hybridized carbons (Fsp3) is 0.375. The average molecular weight is 344 g/mol. The minimum Gasteiger partial charge on any atom is -0.451 e. The van der Waals surface area contributed by atoms with Gasteiger partial charge in [-0.1, -0.05) is 0 Å². The Balaban J connectivity index is 1.60. The van der Waals surface area contributed by atoms with Crippen LogP contribution in [0.1, 0.15) is 28.3 Å². The van der Waals surface area contributed by atoms with E-state index in [4.69, 9.17) is 8.83 Å². The van der Waals surface area contributed by atoms with E-state index in [1.54, 1.807) is 4.90 Å². The SMILES string of the molecule is Cc1n[nH]c(C)c1CCNC(=O)N(Cc1cocn1)Cc1cocn1. The number of amides is 2. The summed E-state index contributed by atoms with van der Waals surface area (Å²) in [4.78, 5) is 22.3. The number of nitrogens with one attached hydrogen (secondary N) is 2. The molecule has 0 aromatic carbocycles. The van der Waals surface area contributed by atoms with Crippen LogP contribution in [0.15, 0.2) is 34.1 Å². The first-order valence-corrected chi connectivity index (χ1v) is 7.91. The quantitative estimate of drug-likeness (QED) is 0.677. The first kappa shape index (κ1) is 16.7. The molecule has 0 saturated heterocycles. The number of aromatic nitrogens is 4. The Bertz CT molecular complexity index is 738. The Morgan fingerprint density at radius 3 is 2.28 bits per heavy atom. The summed E-state index contributed by atoms with van der Waals surface area (Å²) in [5, 5.41) is 10.0. The second kappa shape index (κ2) is 7.65. The lowest BCUT2D eigenvalue weighted by Gasteiger charge is -2.21. The molecule has 25 heavy (non-hydrogen) atoms. The van der Waals surface area contributed by atoms with Gasteiger partial charge in [0.1, 0.15) is 12.5 Å². The molecule has 2 amide bonds. The van der Waals surface area contributed by atoms with Gasteiger partial charge in [-0.05, 0) is 25.8 Å². The number of hydrogen-bond acceptors (Lipinski definition) is 6. The van der Waals surface area contributed by atoms with Gasteiger partial charge in [0.05, 0.1) is 30.2 Å². The van der Waals surface area contributed by atoms with Gasteiger partial charge in [-0.2, -0.15) is 5.10 Å². The van der Waals surface area contributed by atoms with Crippen molar-refractivity contribution in [3.05, 3.63) is 53.7 Å². The van der Waals surface area contributed by atoms with E-state index in [2.05, 4.69) is 25.5 Å². The van der Waals surface area contributed by atoms with Crippen molar-refractivity contribution in [1.82, 2.24) is 30.4 Å². The fourth-order valence-electron chi connectivity index (χ4n) is 2.57. The smallest absolute Gasteiger partial charge is 0.318 e. The minimum atomic E-state index is -0.204. The first-order chi connectivity index (χ1) is 12.1. The molecule has 0 fully saturated rings. The number of carbonyl (C=O) groups excluding carboxylic acids is 1. The molecule has 0 saturated carbocycles. The van der Waals surface area contributed by atoms with Crippen molar-refractivity contribution in [1.29, 1.82) is 0 Å². The highest BCUT2D eigenvalue weighted by Crippen LogP contribution is 2.10. The predicted molar refractivity (Wildman–Crippen MR) is 87.4 cm³/mol. The van der Waals surface area contributed by atoms with Crippen LogP contribution < -0.4 is 5.32 Å². The van der Waals surface area contributed by atoms with Gasteiger partial charge in [0, 0.05) is 12.2 Å². The number of H-pyrrole nitrogens is 1. The van der Waals surface area contributed by atoms with Crippen molar-refractivity contribution >= 4 is 6.03 Å². The largest absolute Gasteiger partial charge is 0.451 e.